The molecule has 0 saturated carbocycles. The molecule has 2 rings (SSSR count). The van der Waals surface area contributed by atoms with Crippen molar-refractivity contribution in [3.8, 4) is 0 Å². The highest BCUT2D eigenvalue weighted by Gasteiger charge is 2.19. The molecule has 0 amide bonds. The van der Waals surface area contributed by atoms with Crippen LogP contribution in [0.1, 0.15) is 29.2 Å². The van der Waals surface area contributed by atoms with Gasteiger partial charge in [-0.15, -0.1) is 0 Å². The normalized spacial score (nSPS) is 21.8. The van der Waals surface area contributed by atoms with Crippen LogP contribution in [0.4, 0.5) is 0 Å². The SMILES string of the molecule is Cc1cccc2c1[C@@H](N)CC2. The van der Waals surface area contributed by atoms with E-state index in [2.05, 4.69) is 25.1 Å². The van der Waals surface area contributed by atoms with Crippen LogP contribution in [0.5, 0.6) is 0 Å². The van der Waals surface area contributed by atoms with Crippen LogP contribution in [-0.4, -0.2) is 0 Å². The lowest BCUT2D eigenvalue weighted by Crippen LogP contribution is -2.06. The van der Waals surface area contributed by atoms with E-state index in [9.17, 15) is 0 Å². The van der Waals surface area contributed by atoms with E-state index in [0.717, 1.165) is 12.8 Å². The Kier molecular flexibility index (Phi) is 1.46. The lowest BCUT2D eigenvalue weighted by Gasteiger charge is -2.07. The molecule has 1 heteroatoms. The average Bonchev–Trinajstić information content (AvgIpc) is 2.34. The first-order chi connectivity index (χ1) is 5.29. The highest BCUT2D eigenvalue weighted by Crippen LogP contribution is 2.31. The van der Waals surface area contributed by atoms with Gasteiger partial charge in [0.2, 0.25) is 0 Å². The van der Waals surface area contributed by atoms with Crippen LogP contribution in [0.2, 0.25) is 0 Å². The lowest BCUT2D eigenvalue weighted by atomic mass is 10.0. The summed E-state index contributed by atoms with van der Waals surface area (Å²) in [5.41, 5.74) is 10.2. The standard InChI is InChI=1S/C10H13N/c1-7-3-2-4-8-5-6-9(11)10(7)8/h2-4,9H,5-6,11H2,1H3/t9-/m0/s1. The largest absolute Gasteiger partial charge is 0.324 e. The van der Waals surface area contributed by atoms with Crippen molar-refractivity contribution in [1.29, 1.82) is 0 Å². The molecule has 1 nitrogen and oxygen atoms in total. The number of fused-ring (bicyclic) bond motifs is 1. The first-order valence-electron chi connectivity index (χ1n) is 4.13. The van der Waals surface area contributed by atoms with Crippen molar-refractivity contribution in [1.82, 2.24) is 0 Å². The number of rotatable bonds is 0. The number of benzene rings is 1. The maximum Gasteiger partial charge on any atom is 0.0303 e. The zero-order valence-electron chi connectivity index (χ0n) is 6.80. The lowest BCUT2D eigenvalue weighted by molar-refractivity contribution is 0.710. The van der Waals surface area contributed by atoms with Gasteiger partial charge in [-0.2, -0.15) is 0 Å². The van der Waals surface area contributed by atoms with Crippen molar-refractivity contribution in [3.63, 3.8) is 0 Å². The van der Waals surface area contributed by atoms with Crippen molar-refractivity contribution in [2.24, 2.45) is 5.73 Å². The molecule has 0 spiro atoms. The monoisotopic (exact) mass is 147 g/mol. The Morgan fingerprint density at radius 1 is 1.45 bits per heavy atom. The van der Waals surface area contributed by atoms with Crippen LogP contribution >= 0.6 is 0 Å². The van der Waals surface area contributed by atoms with E-state index < -0.39 is 0 Å². The quantitative estimate of drug-likeness (QED) is 0.596. The van der Waals surface area contributed by atoms with Crippen LogP contribution in [0.3, 0.4) is 0 Å². The fourth-order valence-electron chi connectivity index (χ4n) is 1.95. The van der Waals surface area contributed by atoms with Crippen LogP contribution in [0.15, 0.2) is 18.2 Å². The summed E-state index contributed by atoms with van der Waals surface area (Å²) >= 11 is 0. The van der Waals surface area contributed by atoms with Gasteiger partial charge >= 0.3 is 0 Å². The van der Waals surface area contributed by atoms with Gasteiger partial charge in [0.05, 0.1) is 0 Å². The molecule has 0 saturated heterocycles. The summed E-state index contributed by atoms with van der Waals surface area (Å²) in [7, 11) is 0. The van der Waals surface area contributed by atoms with Crippen LogP contribution in [0, 0.1) is 6.92 Å². The molecule has 1 aliphatic rings. The number of nitrogens with two attached hydrogens (primary N) is 1. The maximum atomic E-state index is 5.95. The maximum absolute atomic E-state index is 5.95. The van der Waals surface area contributed by atoms with Crippen molar-refractivity contribution in [2.45, 2.75) is 25.8 Å². The van der Waals surface area contributed by atoms with Crippen LogP contribution in [0.25, 0.3) is 0 Å². The topological polar surface area (TPSA) is 26.0 Å². The van der Waals surface area contributed by atoms with Gasteiger partial charge in [-0.05, 0) is 36.5 Å². The van der Waals surface area contributed by atoms with Crippen molar-refractivity contribution < 1.29 is 0 Å². The zero-order chi connectivity index (χ0) is 7.84. The van der Waals surface area contributed by atoms with E-state index >= 15 is 0 Å². The van der Waals surface area contributed by atoms with E-state index in [1.54, 1.807) is 0 Å². The first-order valence-corrected chi connectivity index (χ1v) is 4.13. The second-order valence-electron chi connectivity index (χ2n) is 3.29. The third-order valence-corrected chi connectivity index (χ3v) is 2.51. The molecule has 58 valence electrons. The Morgan fingerprint density at radius 2 is 2.27 bits per heavy atom. The molecule has 0 heterocycles. The molecule has 0 fully saturated rings. The zero-order valence-corrected chi connectivity index (χ0v) is 6.80. The van der Waals surface area contributed by atoms with Gasteiger partial charge in [0.15, 0.2) is 0 Å². The molecule has 1 aliphatic carbocycles. The van der Waals surface area contributed by atoms with E-state index in [1.165, 1.54) is 16.7 Å². The molecule has 0 bridgehead atoms. The second kappa shape index (κ2) is 2.35. The third-order valence-electron chi connectivity index (χ3n) is 2.51. The summed E-state index contributed by atoms with van der Waals surface area (Å²) in [4.78, 5) is 0. The Balaban J connectivity index is 2.58. The molecule has 11 heavy (non-hydrogen) atoms. The van der Waals surface area contributed by atoms with Crippen molar-refractivity contribution >= 4 is 0 Å². The van der Waals surface area contributed by atoms with Crippen molar-refractivity contribution in [3.05, 3.63) is 34.9 Å². The summed E-state index contributed by atoms with van der Waals surface area (Å²) in [6, 6.07) is 6.75. The second-order valence-corrected chi connectivity index (χ2v) is 3.29. The Morgan fingerprint density at radius 3 is 3.00 bits per heavy atom. The van der Waals surface area contributed by atoms with E-state index in [1.807, 2.05) is 0 Å². The minimum Gasteiger partial charge on any atom is -0.324 e. The van der Waals surface area contributed by atoms with Crippen molar-refractivity contribution in [2.75, 3.05) is 0 Å². The van der Waals surface area contributed by atoms with Gasteiger partial charge in [-0.3, -0.25) is 0 Å². The molecule has 2 N–H and O–H groups in total. The predicted octanol–water partition coefficient (Wildman–Crippen LogP) is 1.94. The molecule has 1 atom stereocenters. The molecular weight excluding hydrogens is 134 g/mol. The van der Waals surface area contributed by atoms with Gasteiger partial charge in [0.25, 0.3) is 0 Å². The Hall–Kier alpha value is -0.820. The smallest absolute Gasteiger partial charge is 0.0303 e. The first kappa shape index (κ1) is 6.86. The number of hydrogen-bond acceptors (Lipinski definition) is 1. The predicted molar refractivity (Wildman–Crippen MR) is 46.4 cm³/mol. The molecule has 0 aromatic heterocycles. The van der Waals surface area contributed by atoms with Crippen LogP contribution in [-0.2, 0) is 6.42 Å². The van der Waals surface area contributed by atoms with Gasteiger partial charge < -0.3 is 5.73 Å². The van der Waals surface area contributed by atoms with Crippen LogP contribution < -0.4 is 5.73 Å². The Bertz CT molecular complexity index is 278. The van der Waals surface area contributed by atoms with E-state index in [4.69, 9.17) is 5.73 Å². The minimum absolute atomic E-state index is 0.297. The Labute approximate surface area is 67.2 Å². The molecular formula is C10H13N. The minimum atomic E-state index is 0.297. The van der Waals surface area contributed by atoms with Gasteiger partial charge in [-0.1, -0.05) is 18.2 Å². The highest BCUT2D eigenvalue weighted by molar-refractivity contribution is 5.40. The van der Waals surface area contributed by atoms with E-state index in [-0.39, 0.29) is 0 Å². The van der Waals surface area contributed by atoms with Gasteiger partial charge in [0.1, 0.15) is 0 Å². The molecule has 0 unspecified atom stereocenters. The number of hydrogen-bond donors (Lipinski definition) is 1. The summed E-state index contributed by atoms with van der Waals surface area (Å²) in [6.07, 6.45) is 2.29. The average molecular weight is 147 g/mol. The molecule has 1 aromatic carbocycles. The number of aryl methyl sites for hydroxylation is 2. The third kappa shape index (κ3) is 0.962. The molecule has 0 aliphatic heterocycles. The molecule has 0 radical (unpaired) electrons. The fourth-order valence-corrected chi connectivity index (χ4v) is 1.95. The summed E-state index contributed by atoms with van der Waals surface area (Å²) in [5, 5.41) is 0. The summed E-state index contributed by atoms with van der Waals surface area (Å²) < 4.78 is 0. The highest BCUT2D eigenvalue weighted by atomic mass is 14.6. The van der Waals surface area contributed by atoms with Gasteiger partial charge in [-0.25, -0.2) is 0 Å². The summed E-state index contributed by atoms with van der Waals surface area (Å²) in [6.45, 7) is 2.14. The fraction of sp³-hybridized carbons (Fsp3) is 0.400. The van der Waals surface area contributed by atoms with Gasteiger partial charge in [0, 0.05) is 6.04 Å². The molecule has 1 aromatic rings. The van der Waals surface area contributed by atoms with E-state index in [0.29, 0.717) is 6.04 Å². The summed E-state index contributed by atoms with van der Waals surface area (Å²) in [5.74, 6) is 0.